The fourth-order valence-electron chi connectivity index (χ4n) is 1.88. The summed E-state index contributed by atoms with van der Waals surface area (Å²) in [6.45, 7) is 0.337. The first-order valence-corrected chi connectivity index (χ1v) is 5.49. The predicted octanol–water partition coefficient (Wildman–Crippen LogP) is -0.651. The van der Waals surface area contributed by atoms with E-state index in [1.54, 1.807) is 12.1 Å². The summed E-state index contributed by atoms with van der Waals surface area (Å²) < 4.78 is 0. The Morgan fingerprint density at radius 3 is 3.00 bits per heavy atom. The Bertz CT molecular complexity index is 659. The first-order valence-electron chi connectivity index (χ1n) is 5.49. The lowest BCUT2D eigenvalue weighted by Crippen LogP contribution is -2.42. The monoisotopic (exact) mass is 244 g/mol. The van der Waals surface area contributed by atoms with Crippen LogP contribution in [-0.4, -0.2) is 34.3 Å². The number of benzene rings is 1. The smallest absolute Gasteiger partial charge is 0.241 e. The first kappa shape index (κ1) is 10.6. The number of nitrogen functional groups attached to an aromatic ring is 1. The minimum absolute atomic E-state index is 0.337. The second-order valence-electron chi connectivity index (χ2n) is 4.15. The molecule has 1 aliphatic rings. The molecule has 0 saturated carbocycles. The van der Waals surface area contributed by atoms with Gasteiger partial charge in [-0.15, -0.1) is 0 Å². The third-order valence-corrected chi connectivity index (χ3v) is 2.82. The Balaban J connectivity index is 1.94. The highest BCUT2D eigenvalue weighted by atomic mass is 16.1. The molecule has 7 heteroatoms. The molecule has 2 heterocycles. The average molecular weight is 244 g/mol. The summed E-state index contributed by atoms with van der Waals surface area (Å²) in [5, 5.41) is 2.93. The summed E-state index contributed by atoms with van der Waals surface area (Å²) in [6, 6.07) is 4.94. The van der Waals surface area contributed by atoms with Crippen LogP contribution in [0.2, 0.25) is 0 Å². The summed E-state index contributed by atoms with van der Waals surface area (Å²) >= 11 is 0. The van der Waals surface area contributed by atoms with Crippen molar-refractivity contribution in [1.82, 2.24) is 15.3 Å². The topological polar surface area (TPSA) is 122 Å². The second kappa shape index (κ2) is 3.73. The highest BCUT2D eigenvalue weighted by molar-refractivity contribution is 6.02. The molecule has 1 aliphatic heterocycles. The number of aromatic nitrogens is 2. The zero-order valence-electron chi connectivity index (χ0n) is 9.47. The van der Waals surface area contributed by atoms with Gasteiger partial charge in [-0.2, -0.15) is 0 Å². The largest absolute Gasteiger partial charge is 0.399 e. The SMILES string of the molecule is NC(=O)C1CN=C(c2nc3ccc(N)cc3[nH]2)N1. The third-order valence-electron chi connectivity index (χ3n) is 2.82. The van der Waals surface area contributed by atoms with E-state index < -0.39 is 11.9 Å². The van der Waals surface area contributed by atoms with Crippen LogP contribution in [0, 0.1) is 0 Å². The number of fused-ring (bicyclic) bond motifs is 1. The summed E-state index contributed by atoms with van der Waals surface area (Å²) in [7, 11) is 0. The van der Waals surface area contributed by atoms with Gasteiger partial charge >= 0.3 is 0 Å². The number of primary amides is 1. The highest BCUT2D eigenvalue weighted by Gasteiger charge is 2.24. The molecule has 7 nitrogen and oxygen atoms in total. The van der Waals surface area contributed by atoms with Crippen molar-refractivity contribution in [1.29, 1.82) is 0 Å². The number of carbonyl (C=O) groups is 1. The second-order valence-corrected chi connectivity index (χ2v) is 4.15. The molecular formula is C11H12N6O. The fraction of sp³-hybridized carbons (Fsp3) is 0.182. The van der Waals surface area contributed by atoms with E-state index in [1.165, 1.54) is 0 Å². The number of amidine groups is 1. The molecule has 0 spiro atoms. The quantitative estimate of drug-likeness (QED) is 0.524. The van der Waals surface area contributed by atoms with E-state index in [1.807, 2.05) is 6.07 Å². The van der Waals surface area contributed by atoms with E-state index in [0.29, 0.717) is 23.9 Å². The lowest BCUT2D eigenvalue weighted by Gasteiger charge is -2.05. The third kappa shape index (κ3) is 1.65. The van der Waals surface area contributed by atoms with Gasteiger partial charge in [-0.1, -0.05) is 0 Å². The molecule has 0 bridgehead atoms. The minimum Gasteiger partial charge on any atom is -0.399 e. The van der Waals surface area contributed by atoms with Crippen LogP contribution >= 0.6 is 0 Å². The maximum absolute atomic E-state index is 11.0. The molecule has 1 amide bonds. The van der Waals surface area contributed by atoms with Gasteiger partial charge in [-0.3, -0.25) is 9.79 Å². The number of anilines is 1. The van der Waals surface area contributed by atoms with E-state index in [9.17, 15) is 4.79 Å². The molecule has 1 aromatic carbocycles. The molecule has 1 atom stereocenters. The molecule has 0 saturated heterocycles. The molecule has 0 radical (unpaired) electrons. The summed E-state index contributed by atoms with van der Waals surface area (Å²) in [4.78, 5) is 22.7. The number of aliphatic imine (C=N–C) groups is 1. The van der Waals surface area contributed by atoms with Gasteiger partial charge in [0.2, 0.25) is 5.91 Å². The van der Waals surface area contributed by atoms with Gasteiger partial charge in [0, 0.05) is 5.69 Å². The van der Waals surface area contributed by atoms with Crippen LogP contribution in [-0.2, 0) is 4.79 Å². The zero-order valence-corrected chi connectivity index (χ0v) is 9.47. The van der Waals surface area contributed by atoms with E-state index in [-0.39, 0.29) is 0 Å². The summed E-state index contributed by atoms with van der Waals surface area (Å²) in [6.07, 6.45) is 0. The number of nitrogens with one attached hydrogen (secondary N) is 2. The number of hydrogen-bond acceptors (Lipinski definition) is 5. The number of hydrogen-bond donors (Lipinski definition) is 4. The van der Waals surface area contributed by atoms with E-state index in [2.05, 4.69) is 20.3 Å². The number of aromatic amines is 1. The lowest BCUT2D eigenvalue weighted by molar-refractivity contribution is -0.119. The van der Waals surface area contributed by atoms with Crippen LogP contribution in [0.4, 0.5) is 5.69 Å². The molecule has 18 heavy (non-hydrogen) atoms. The van der Waals surface area contributed by atoms with Crippen molar-refractivity contribution < 1.29 is 4.79 Å². The minimum atomic E-state index is -0.460. The lowest BCUT2D eigenvalue weighted by atomic mass is 10.3. The van der Waals surface area contributed by atoms with Gasteiger partial charge in [0.15, 0.2) is 11.7 Å². The number of carbonyl (C=O) groups excluding carboxylic acids is 1. The number of nitrogens with two attached hydrogens (primary N) is 2. The summed E-state index contributed by atoms with van der Waals surface area (Å²) in [5.41, 5.74) is 13.2. The molecule has 1 unspecified atom stereocenters. The van der Waals surface area contributed by atoms with Crippen molar-refractivity contribution >= 4 is 28.5 Å². The normalized spacial score (nSPS) is 18.7. The Hall–Kier alpha value is -2.57. The van der Waals surface area contributed by atoms with Crippen LogP contribution < -0.4 is 16.8 Å². The maximum Gasteiger partial charge on any atom is 0.241 e. The van der Waals surface area contributed by atoms with Crippen LogP contribution in [0.5, 0.6) is 0 Å². The molecule has 3 rings (SSSR count). The van der Waals surface area contributed by atoms with Crippen molar-refractivity contribution in [2.75, 3.05) is 12.3 Å². The molecule has 0 fully saturated rings. The maximum atomic E-state index is 11.0. The Labute approximate surface area is 102 Å². The van der Waals surface area contributed by atoms with Gasteiger partial charge in [-0.25, -0.2) is 4.98 Å². The molecular weight excluding hydrogens is 232 g/mol. The van der Waals surface area contributed by atoms with Crippen molar-refractivity contribution in [2.24, 2.45) is 10.7 Å². The Kier molecular flexibility index (Phi) is 2.19. The van der Waals surface area contributed by atoms with Crippen LogP contribution in [0.1, 0.15) is 5.82 Å². The number of imidazole rings is 1. The number of nitrogens with zero attached hydrogens (tertiary/aromatic N) is 2. The molecule has 0 aliphatic carbocycles. The average Bonchev–Trinajstić information content (AvgIpc) is 2.93. The van der Waals surface area contributed by atoms with Gasteiger partial charge in [0.1, 0.15) is 6.04 Å². The Morgan fingerprint density at radius 2 is 2.28 bits per heavy atom. The van der Waals surface area contributed by atoms with E-state index in [0.717, 1.165) is 11.0 Å². The van der Waals surface area contributed by atoms with E-state index >= 15 is 0 Å². The van der Waals surface area contributed by atoms with Crippen LogP contribution in [0.3, 0.4) is 0 Å². The number of H-pyrrole nitrogens is 1. The van der Waals surface area contributed by atoms with Crippen LogP contribution in [0.25, 0.3) is 11.0 Å². The first-order chi connectivity index (χ1) is 8.63. The highest BCUT2D eigenvalue weighted by Crippen LogP contribution is 2.15. The molecule has 2 aromatic rings. The standard InChI is InChI=1S/C11H12N6O/c12-5-1-2-6-7(3-5)16-11(15-6)10-14-4-8(17-10)9(13)18/h1-3,8H,4,12H2,(H2,13,18)(H,14,17)(H,15,16). The van der Waals surface area contributed by atoms with Gasteiger partial charge < -0.3 is 21.8 Å². The predicted molar refractivity (Wildman–Crippen MR) is 68.0 cm³/mol. The molecule has 92 valence electrons. The van der Waals surface area contributed by atoms with Crippen molar-refractivity contribution in [3.8, 4) is 0 Å². The number of rotatable bonds is 2. The molecule has 6 N–H and O–H groups in total. The summed E-state index contributed by atoms with van der Waals surface area (Å²) in [5.74, 6) is 0.710. The van der Waals surface area contributed by atoms with Gasteiger partial charge in [0.25, 0.3) is 0 Å². The van der Waals surface area contributed by atoms with E-state index in [4.69, 9.17) is 11.5 Å². The van der Waals surface area contributed by atoms with Crippen molar-refractivity contribution in [3.63, 3.8) is 0 Å². The van der Waals surface area contributed by atoms with Gasteiger partial charge in [-0.05, 0) is 18.2 Å². The molecule has 1 aromatic heterocycles. The zero-order chi connectivity index (χ0) is 12.7. The van der Waals surface area contributed by atoms with Crippen LogP contribution in [0.15, 0.2) is 23.2 Å². The van der Waals surface area contributed by atoms with Gasteiger partial charge in [0.05, 0.1) is 17.6 Å². The Morgan fingerprint density at radius 1 is 1.44 bits per heavy atom. The van der Waals surface area contributed by atoms with Crippen molar-refractivity contribution in [2.45, 2.75) is 6.04 Å². The fourth-order valence-corrected chi connectivity index (χ4v) is 1.88. The van der Waals surface area contributed by atoms with Crippen molar-refractivity contribution in [3.05, 3.63) is 24.0 Å². The number of amides is 1.